The molecule has 21 heavy (non-hydrogen) atoms. The van der Waals surface area contributed by atoms with Crippen LogP contribution in [0.1, 0.15) is 124 Å². The molecule has 0 aromatic rings. The number of unbranched alkanes of at least 4 members (excludes halogenated alkanes) is 9. The van der Waals surface area contributed by atoms with Gasteiger partial charge in [0.1, 0.15) is 0 Å². The lowest BCUT2D eigenvalue weighted by Crippen LogP contribution is -1.98. The summed E-state index contributed by atoms with van der Waals surface area (Å²) >= 11 is 0. The molecule has 0 amide bonds. The third-order valence-electron chi connectivity index (χ3n) is 5.14. The molecule has 0 N–H and O–H groups in total. The largest absolute Gasteiger partial charge is 0.0654 e. The zero-order valence-electron chi connectivity index (χ0n) is 15.8. The van der Waals surface area contributed by atoms with E-state index in [-0.39, 0.29) is 0 Å². The number of rotatable bonds is 16. The van der Waals surface area contributed by atoms with E-state index in [0.29, 0.717) is 0 Å². The summed E-state index contributed by atoms with van der Waals surface area (Å²) in [5, 5.41) is 0. The zero-order chi connectivity index (χ0) is 15.8. The van der Waals surface area contributed by atoms with Crippen LogP contribution < -0.4 is 0 Å². The van der Waals surface area contributed by atoms with E-state index in [0.717, 1.165) is 11.8 Å². The summed E-state index contributed by atoms with van der Waals surface area (Å²) in [7, 11) is 0. The lowest BCUT2D eigenvalue weighted by Gasteiger charge is -2.13. The summed E-state index contributed by atoms with van der Waals surface area (Å²) < 4.78 is 0. The van der Waals surface area contributed by atoms with E-state index in [1.165, 1.54) is 96.3 Å². The van der Waals surface area contributed by atoms with Crippen LogP contribution in [0.4, 0.5) is 0 Å². The van der Waals surface area contributed by atoms with Crippen molar-refractivity contribution in [3.63, 3.8) is 0 Å². The predicted molar refractivity (Wildman–Crippen MR) is 98.9 cm³/mol. The maximum Gasteiger partial charge on any atom is -0.0443 e. The van der Waals surface area contributed by atoms with Crippen LogP contribution in [0.3, 0.4) is 0 Å². The first kappa shape index (κ1) is 21.0. The summed E-state index contributed by atoms with van der Waals surface area (Å²) in [6.45, 7) is 9.47. The molecule has 0 bridgehead atoms. The fourth-order valence-electron chi connectivity index (χ4n) is 3.14. The Kier molecular flexibility index (Phi) is 16.4. The van der Waals surface area contributed by atoms with E-state index < -0.39 is 0 Å². The van der Waals surface area contributed by atoms with Crippen LogP contribution in [0, 0.1) is 11.8 Å². The predicted octanol–water partition coefficient (Wildman–Crippen LogP) is 8.15. The Hall–Kier alpha value is 0. The molecule has 0 saturated heterocycles. The Morgan fingerprint density at radius 1 is 0.476 bits per heavy atom. The third kappa shape index (κ3) is 16.2. The minimum absolute atomic E-state index is 0.939. The molecule has 0 spiro atoms. The first-order chi connectivity index (χ1) is 10.2. The molecule has 0 fully saturated rings. The molecule has 0 nitrogen and oxygen atoms in total. The Morgan fingerprint density at radius 2 is 0.905 bits per heavy atom. The molecular formula is C21H44. The smallest absolute Gasteiger partial charge is 0.0443 e. The van der Waals surface area contributed by atoms with Gasteiger partial charge in [0, 0.05) is 0 Å². The number of hydrogen-bond donors (Lipinski definition) is 0. The molecule has 0 heterocycles. The highest BCUT2D eigenvalue weighted by Gasteiger charge is 2.04. The monoisotopic (exact) mass is 296 g/mol. The summed E-state index contributed by atoms with van der Waals surface area (Å²) in [5.74, 6) is 1.90. The van der Waals surface area contributed by atoms with Crippen molar-refractivity contribution in [2.75, 3.05) is 0 Å². The molecular weight excluding hydrogens is 252 g/mol. The SMILES string of the molecule is CCCCCCCCCCCCC(C)CCCC(C)CC. The second-order valence-electron chi connectivity index (χ2n) is 7.52. The minimum atomic E-state index is 0.939. The first-order valence-corrected chi connectivity index (χ1v) is 10.2. The minimum Gasteiger partial charge on any atom is -0.0654 e. The maximum absolute atomic E-state index is 2.46. The molecule has 0 aliphatic heterocycles. The van der Waals surface area contributed by atoms with Gasteiger partial charge < -0.3 is 0 Å². The van der Waals surface area contributed by atoms with Gasteiger partial charge in [-0.2, -0.15) is 0 Å². The highest BCUT2D eigenvalue weighted by atomic mass is 14.1. The van der Waals surface area contributed by atoms with E-state index >= 15 is 0 Å². The second kappa shape index (κ2) is 16.4. The van der Waals surface area contributed by atoms with Gasteiger partial charge >= 0.3 is 0 Å². The summed E-state index contributed by atoms with van der Waals surface area (Å²) in [5.41, 5.74) is 0. The summed E-state index contributed by atoms with van der Waals surface area (Å²) in [6, 6.07) is 0. The molecule has 2 atom stereocenters. The molecule has 128 valence electrons. The lowest BCUT2D eigenvalue weighted by molar-refractivity contribution is 0.405. The van der Waals surface area contributed by atoms with Crippen LogP contribution in [-0.2, 0) is 0 Å². The van der Waals surface area contributed by atoms with Crippen LogP contribution in [0.2, 0.25) is 0 Å². The highest BCUT2D eigenvalue weighted by Crippen LogP contribution is 2.20. The van der Waals surface area contributed by atoms with Crippen LogP contribution in [0.15, 0.2) is 0 Å². The van der Waals surface area contributed by atoms with Gasteiger partial charge in [0.2, 0.25) is 0 Å². The molecule has 0 saturated carbocycles. The standard InChI is InChI=1S/C21H44/c1-5-7-8-9-10-11-12-13-14-15-17-21(4)19-16-18-20(3)6-2/h20-21H,5-19H2,1-4H3. The molecule has 2 unspecified atom stereocenters. The van der Waals surface area contributed by atoms with Crippen molar-refractivity contribution in [3.05, 3.63) is 0 Å². The van der Waals surface area contributed by atoms with Crippen molar-refractivity contribution >= 4 is 0 Å². The Balaban J connectivity index is 3.16. The van der Waals surface area contributed by atoms with E-state index in [1.807, 2.05) is 0 Å². The average Bonchev–Trinajstić information content (AvgIpc) is 2.49. The Labute approximate surface area is 136 Å². The molecule has 0 radical (unpaired) electrons. The summed E-state index contributed by atoms with van der Waals surface area (Å²) in [6.07, 6.45) is 21.8. The van der Waals surface area contributed by atoms with E-state index in [9.17, 15) is 0 Å². The molecule has 0 aromatic carbocycles. The average molecular weight is 297 g/mol. The van der Waals surface area contributed by atoms with E-state index in [2.05, 4.69) is 27.7 Å². The molecule has 0 heteroatoms. The van der Waals surface area contributed by atoms with Gasteiger partial charge in [0.25, 0.3) is 0 Å². The van der Waals surface area contributed by atoms with Crippen molar-refractivity contribution in [1.82, 2.24) is 0 Å². The van der Waals surface area contributed by atoms with Gasteiger partial charge in [-0.3, -0.25) is 0 Å². The summed E-state index contributed by atoms with van der Waals surface area (Å²) in [4.78, 5) is 0. The van der Waals surface area contributed by atoms with Gasteiger partial charge in [-0.25, -0.2) is 0 Å². The first-order valence-electron chi connectivity index (χ1n) is 10.2. The third-order valence-corrected chi connectivity index (χ3v) is 5.14. The quantitative estimate of drug-likeness (QED) is 0.252. The van der Waals surface area contributed by atoms with Crippen LogP contribution in [0.25, 0.3) is 0 Å². The molecule has 0 rings (SSSR count). The molecule has 0 aliphatic rings. The lowest BCUT2D eigenvalue weighted by atomic mass is 9.93. The van der Waals surface area contributed by atoms with Gasteiger partial charge in [-0.05, 0) is 11.8 Å². The van der Waals surface area contributed by atoms with Crippen molar-refractivity contribution in [2.24, 2.45) is 11.8 Å². The Morgan fingerprint density at radius 3 is 1.43 bits per heavy atom. The fourth-order valence-corrected chi connectivity index (χ4v) is 3.14. The topological polar surface area (TPSA) is 0 Å². The van der Waals surface area contributed by atoms with Crippen LogP contribution in [-0.4, -0.2) is 0 Å². The van der Waals surface area contributed by atoms with E-state index in [4.69, 9.17) is 0 Å². The number of hydrogen-bond acceptors (Lipinski definition) is 0. The van der Waals surface area contributed by atoms with Gasteiger partial charge in [-0.15, -0.1) is 0 Å². The molecule has 0 aromatic heterocycles. The second-order valence-corrected chi connectivity index (χ2v) is 7.52. The van der Waals surface area contributed by atoms with Crippen LogP contribution >= 0.6 is 0 Å². The normalized spacial score (nSPS) is 14.3. The van der Waals surface area contributed by atoms with Gasteiger partial charge in [0.15, 0.2) is 0 Å². The fraction of sp³-hybridized carbons (Fsp3) is 1.00. The Bertz CT molecular complexity index is 184. The van der Waals surface area contributed by atoms with E-state index in [1.54, 1.807) is 0 Å². The van der Waals surface area contributed by atoms with Gasteiger partial charge in [0.05, 0.1) is 0 Å². The van der Waals surface area contributed by atoms with Crippen LogP contribution in [0.5, 0.6) is 0 Å². The highest BCUT2D eigenvalue weighted by molar-refractivity contribution is 4.57. The van der Waals surface area contributed by atoms with Crippen molar-refractivity contribution in [1.29, 1.82) is 0 Å². The van der Waals surface area contributed by atoms with Crippen molar-refractivity contribution in [2.45, 2.75) is 124 Å². The van der Waals surface area contributed by atoms with Crippen molar-refractivity contribution in [3.8, 4) is 0 Å². The van der Waals surface area contributed by atoms with Gasteiger partial charge in [-0.1, -0.05) is 124 Å². The molecule has 0 aliphatic carbocycles. The zero-order valence-corrected chi connectivity index (χ0v) is 15.8. The van der Waals surface area contributed by atoms with Crippen molar-refractivity contribution < 1.29 is 0 Å². The maximum atomic E-state index is 2.46.